The summed E-state index contributed by atoms with van der Waals surface area (Å²) in [4.78, 5) is 42.4. The molecule has 0 saturated carbocycles. The maximum atomic E-state index is 13.5. The summed E-state index contributed by atoms with van der Waals surface area (Å²) in [5.74, 6) is -0.345. The number of para-hydroxylation sites is 1. The lowest BCUT2D eigenvalue weighted by atomic mass is 10.1. The molecule has 0 saturated heterocycles. The Morgan fingerprint density at radius 1 is 0.841 bits per heavy atom. The lowest BCUT2D eigenvalue weighted by molar-refractivity contribution is -0.123. The van der Waals surface area contributed by atoms with Crippen molar-refractivity contribution in [2.45, 2.75) is 13.1 Å². The van der Waals surface area contributed by atoms with Gasteiger partial charge in [-0.15, -0.1) is 0 Å². The Balaban J connectivity index is 1.07. The Bertz CT molecular complexity index is 2100. The average Bonchev–Trinajstić information content (AvgIpc) is 3.66. The third-order valence-electron chi connectivity index (χ3n) is 7.21. The van der Waals surface area contributed by atoms with Gasteiger partial charge in [0.1, 0.15) is 11.2 Å². The first-order valence-corrected chi connectivity index (χ1v) is 14.0. The number of hydrogen-bond acceptors (Lipinski definition) is 7. The van der Waals surface area contributed by atoms with Crippen LogP contribution in [0.2, 0.25) is 0 Å². The number of furan rings is 1. The van der Waals surface area contributed by atoms with Crippen molar-refractivity contribution in [2.24, 2.45) is 0 Å². The summed E-state index contributed by atoms with van der Waals surface area (Å²) in [5, 5.41) is 8.70. The number of nitrogens with zero attached hydrogens (tertiary/aromatic N) is 3. The van der Waals surface area contributed by atoms with E-state index in [1.807, 2.05) is 84.9 Å². The SMILES string of the molecule is O=C(COc1cnc(-c2ccccc2)nc1C(=O)NCc1ccc2oc3ccccc3c2c1)NCc1cc2cnccc2[nH]1. The lowest BCUT2D eigenvalue weighted by Crippen LogP contribution is -2.30. The van der Waals surface area contributed by atoms with Crippen molar-refractivity contribution < 1.29 is 18.7 Å². The molecule has 0 unspecified atom stereocenters. The van der Waals surface area contributed by atoms with Gasteiger partial charge in [-0.3, -0.25) is 14.6 Å². The minimum atomic E-state index is -0.455. The molecule has 7 rings (SSSR count). The Hall–Kier alpha value is -6.03. The zero-order valence-electron chi connectivity index (χ0n) is 23.4. The van der Waals surface area contributed by atoms with Crippen molar-refractivity contribution in [1.29, 1.82) is 0 Å². The van der Waals surface area contributed by atoms with Gasteiger partial charge in [0.25, 0.3) is 11.8 Å². The maximum absolute atomic E-state index is 13.5. The van der Waals surface area contributed by atoms with E-state index in [0.29, 0.717) is 5.82 Å². The molecule has 7 aromatic rings. The van der Waals surface area contributed by atoms with E-state index in [1.54, 1.807) is 12.4 Å². The van der Waals surface area contributed by atoms with Gasteiger partial charge < -0.3 is 24.8 Å². The highest BCUT2D eigenvalue weighted by Crippen LogP contribution is 2.29. The van der Waals surface area contributed by atoms with Crippen molar-refractivity contribution in [3.8, 4) is 17.1 Å². The number of aromatic nitrogens is 4. The van der Waals surface area contributed by atoms with Crippen LogP contribution >= 0.6 is 0 Å². The Kier molecular flexibility index (Phi) is 7.13. The fourth-order valence-electron chi connectivity index (χ4n) is 5.03. The summed E-state index contributed by atoms with van der Waals surface area (Å²) >= 11 is 0. The first-order chi connectivity index (χ1) is 21.6. The first-order valence-electron chi connectivity index (χ1n) is 14.0. The summed E-state index contributed by atoms with van der Waals surface area (Å²) in [5.41, 5.74) is 5.02. The topological polar surface area (TPSA) is 135 Å². The van der Waals surface area contributed by atoms with Gasteiger partial charge in [0, 0.05) is 51.9 Å². The molecule has 3 N–H and O–H groups in total. The number of pyridine rings is 1. The fraction of sp³-hybridized carbons (Fsp3) is 0.0882. The normalized spacial score (nSPS) is 11.2. The quantitative estimate of drug-likeness (QED) is 0.203. The van der Waals surface area contributed by atoms with Crippen LogP contribution in [0.4, 0.5) is 0 Å². The van der Waals surface area contributed by atoms with Crippen LogP contribution in [0.15, 0.2) is 108 Å². The molecule has 0 fully saturated rings. The van der Waals surface area contributed by atoms with E-state index in [9.17, 15) is 9.59 Å². The van der Waals surface area contributed by atoms with Gasteiger partial charge >= 0.3 is 0 Å². The number of fused-ring (bicyclic) bond motifs is 4. The number of carbonyl (C=O) groups excluding carboxylic acids is 2. The lowest BCUT2D eigenvalue weighted by Gasteiger charge is -2.12. The number of ether oxygens (including phenoxy) is 1. The van der Waals surface area contributed by atoms with Crippen LogP contribution in [-0.4, -0.2) is 38.4 Å². The number of amides is 2. The second-order valence-electron chi connectivity index (χ2n) is 10.2. The third-order valence-corrected chi connectivity index (χ3v) is 7.21. The molecule has 44 heavy (non-hydrogen) atoms. The van der Waals surface area contributed by atoms with E-state index in [0.717, 1.165) is 49.7 Å². The Morgan fingerprint density at radius 3 is 2.57 bits per heavy atom. The van der Waals surface area contributed by atoms with Crippen molar-refractivity contribution in [3.63, 3.8) is 0 Å². The number of rotatable bonds is 9. The van der Waals surface area contributed by atoms with E-state index in [-0.39, 0.29) is 37.0 Å². The molecule has 3 aromatic carbocycles. The molecule has 0 atom stereocenters. The Morgan fingerprint density at radius 2 is 1.68 bits per heavy atom. The zero-order chi connectivity index (χ0) is 29.9. The van der Waals surface area contributed by atoms with Crippen molar-refractivity contribution in [3.05, 3.63) is 120 Å². The largest absolute Gasteiger partial charge is 0.480 e. The van der Waals surface area contributed by atoms with E-state index < -0.39 is 5.91 Å². The number of nitrogens with one attached hydrogen (secondary N) is 3. The highest BCUT2D eigenvalue weighted by atomic mass is 16.5. The predicted octanol–water partition coefficient (Wildman–Crippen LogP) is 5.54. The van der Waals surface area contributed by atoms with Crippen molar-refractivity contribution >= 4 is 44.7 Å². The van der Waals surface area contributed by atoms with E-state index in [2.05, 4.69) is 30.6 Å². The van der Waals surface area contributed by atoms with Crippen LogP contribution in [0.25, 0.3) is 44.2 Å². The molecule has 0 spiro atoms. The molecule has 0 aliphatic carbocycles. The summed E-state index contributed by atoms with van der Waals surface area (Å²) in [6.45, 7) is 0.212. The molecule has 216 valence electrons. The maximum Gasteiger partial charge on any atom is 0.274 e. The molecular weight excluding hydrogens is 556 g/mol. The molecule has 4 heterocycles. The number of carbonyl (C=O) groups is 2. The minimum absolute atomic E-state index is 0.0320. The highest BCUT2D eigenvalue weighted by Gasteiger charge is 2.19. The highest BCUT2D eigenvalue weighted by molar-refractivity contribution is 6.05. The average molecular weight is 583 g/mol. The van der Waals surface area contributed by atoms with E-state index in [4.69, 9.17) is 9.15 Å². The summed E-state index contributed by atoms with van der Waals surface area (Å²) in [6, 6.07) is 26.8. The van der Waals surface area contributed by atoms with Gasteiger partial charge in [0.05, 0.1) is 12.7 Å². The van der Waals surface area contributed by atoms with Crippen LogP contribution in [-0.2, 0) is 17.9 Å². The van der Waals surface area contributed by atoms with E-state index >= 15 is 0 Å². The standard InChI is InChI=1S/C34H26N6O4/c41-31(36-18-24-15-23-17-35-13-12-27(23)39-24)20-43-30-19-37-33(22-6-2-1-3-7-22)40-32(30)34(42)38-16-21-10-11-29-26(14-21)25-8-4-5-9-28(25)44-29/h1-15,17,19,39H,16,18,20H2,(H,36,41)(H,38,42). The molecule has 0 aliphatic heterocycles. The van der Waals surface area contributed by atoms with Crippen molar-refractivity contribution in [2.75, 3.05) is 6.61 Å². The van der Waals surface area contributed by atoms with Crippen LogP contribution < -0.4 is 15.4 Å². The van der Waals surface area contributed by atoms with Crippen LogP contribution in [0, 0.1) is 0 Å². The number of benzene rings is 3. The van der Waals surface area contributed by atoms with Crippen LogP contribution in [0.1, 0.15) is 21.7 Å². The van der Waals surface area contributed by atoms with Gasteiger partial charge in [-0.25, -0.2) is 9.97 Å². The predicted molar refractivity (Wildman–Crippen MR) is 166 cm³/mol. The molecule has 10 heteroatoms. The smallest absolute Gasteiger partial charge is 0.274 e. The molecule has 10 nitrogen and oxygen atoms in total. The molecule has 2 amide bonds. The number of hydrogen-bond donors (Lipinski definition) is 3. The monoisotopic (exact) mass is 582 g/mol. The van der Waals surface area contributed by atoms with Crippen LogP contribution in [0.3, 0.4) is 0 Å². The molecule has 0 aliphatic rings. The summed E-state index contributed by atoms with van der Waals surface area (Å²) < 4.78 is 11.7. The van der Waals surface area contributed by atoms with Gasteiger partial charge in [-0.1, -0.05) is 54.6 Å². The molecule has 0 bridgehead atoms. The van der Waals surface area contributed by atoms with Crippen LogP contribution in [0.5, 0.6) is 5.75 Å². The molecule has 4 aromatic heterocycles. The zero-order valence-corrected chi connectivity index (χ0v) is 23.4. The summed E-state index contributed by atoms with van der Waals surface area (Å²) in [7, 11) is 0. The minimum Gasteiger partial charge on any atom is -0.480 e. The third kappa shape index (κ3) is 5.56. The van der Waals surface area contributed by atoms with Gasteiger partial charge in [-0.2, -0.15) is 0 Å². The number of aromatic amines is 1. The second kappa shape index (κ2) is 11.7. The van der Waals surface area contributed by atoms with Gasteiger partial charge in [0.15, 0.2) is 23.9 Å². The second-order valence-corrected chi connectivity index (χ2v) is 10.2. The molecule has 0 radical (unpaired) electrons. The first kappa shape index (κ1) is 26.8. The Labute approximate surface area is 251 Å². The van der Waals surface area contributed by atoms with E-state index in [1.165, 1.54) is 6.20 Å². The summed E-state index contributed by atoms with van der Waals surface area (Å²) in [6.07, 6.45) is 4.88. The molecular formula is C34H26N6O4. The number of H-pyrrole nitrogens is 1. The van der Waals surface area contributed by atoms with Gasteiger partial charge in [0.2, 0.25) is 0 Å². The van der Waals surface area contributed by atoms with Gasteiger partial charge in [-0.05, 0) is 35.9 Å². The fourth-order valence-corrected chi connectivity index (χ4v) is 5.03. The van der Waals surface area contributed by atoms with Crippen molar-refractivity contribution in [1.82, 2.24) is 30.6 Å².